The second-order valence-electron chi connectivity index (χ2n) is 6.34. The molecule has 1 aromatic carbocycles. The molecule has 7 heteroatoms. The van der Waals surface area contributed by atoms with Crippen LogP contribution in [0, 0.1) is 0 Å². The summed E-state index contributed by atoms with van der Waals surface area (Å²) in [7, 11) is 0. The highest BCUT2D eigenvalue weighted by Crippen LogP contribution is 2.35. The van der Waals surface area contributed by atoms with Gasteiger partial charge in [0.1, 0.15) is 5.69 Å². The Hall–Kier alpha value is -3.06. The number of nitrogens with one attached hydrogen (secondary N) is 1. The first-order valence-electron chi connectivity index (χ1n) is 8.72. The van der Waals surface area contributed by atoms with E-state index in [2.05, 4.69) is 22.0 Å². The number of amides is 1. The number of allylic oxidation sites excluding steroid dienone is 1. The van der Waals surface area contributed by atoms with E-state index in [1.807, 2.05) is 30.3 Å². The van der Waals surface area contributed by atoms with E-state index in [0.717, 1.165) is 23.3 Å². The number of benzene rings is 1. The zero-order chi connectivity index (χ0) is 18.8. The van der Waals surface area contributed by atoms with Gasteiger partial charge in [-0.3, -0.25) is 9.59 Å². The molecule has 0 bridgehead atoms. The van der Waals surface area contributed by atoms with Crippen LogP contribution in [0.4, 0.5) is 0 Å². The molecular weight excluding hydrogens is 360 g/mol. The molecule has 136 valence electrons. The summed E-state index contributed by atoms with van der Waals surface area (Å²) in [4.78, 5) is 29.8. The lowest BCUT2D eigenvalue weighted by Gasteiger charge is -2.05. The number of carbonyl (C=O) groups excluding carboxylic acids is 1. The van der Waals surface area contributed by atoms with Crippen LogP contribution >= 0.6 is 11.3 Å². The fourth-order valence-corrected chi connectivity index (χ4v) is 3.64. The van der Waals surface area contributed by atoms with Crippen molar-refractivity contribution >= 4 is 17.2 Å². The van der Waals surface area contributed by atoms with E-state index in [9.17, 15) is 9.59 Å². The molecule has 2 aromatic heterocycles. The summed E-state index contributed by atoms with van der Waals surface area (Å²) < 4.78 is 1.35. The van der Waals surface area contributed by atoms with Crippen LogP contribution in [0.15, 0.2) is 59.9 Å². The second-order valence-corrected chi connectivity index (χ2v) is 7.34. The highest BCUT2D eigenvalue weighted by molar-refractivity contribution is 7.17. The van der Waals surface area contributed by atoms with Crippen molar-refractivity contribution in [1.29, 1.82) is 0 Å². The Kier molecular flexibility index (Phi) is 4.68. The molecule has 4 rings (SSSR count). The molecule has 0 unspecified atom stereocenters. The summed E-state index contributed by atoms with van der Waals surface area (Å²) in [5, 5.41) is 7.81. The van der Waals surface area contributed by atoms with Gasteiger partial charge in [0.05, 0.1) is 17.1 Å². The van der Waals surface area contributed by atoms with Gasteiger partial charge in [0, 0.05) is 17.7 Å². The zero-order valence-electron chi connectivity index (χ0n) is 14.6. The lowest BCUT2D eigenvalue weighted by Crippen LogP contribution is -2.25. The number of carbonyl (C=O) groups is 1. The van der Waals surface area contributed by atoms with Gasteiger partial charge >= 0.3 is 0 Å². The van der Waals surface area contributed by atoms with Gasteiger partial charge in [-0.05, 0) is 18.9 Å². The topological polar surface area (TPSA) is 76.9 Å². The maximum absolute atomic E-state index is 12.5. The SMILES string of the molecule is C=CCn1nc(-c2sc(C(=O)NC3CC3)nc2-c2ccccc2)ccc1=O. The van der Waals surface area contributed by atoms with Gasteiger partial charge in [0.15, 0.2) is 5.01 Å². The molecule has 6 nitrogen and oxygen atoms in total. The van der Waals surface area contributed by atoms with Crippen LogP contribution in [-0.2, 0) is 6.54 Å². The molecule has 1 amide bonds. The summed E-state index contributed by atoms with van der Waals surface area (Å²) in [5.41, 5.74) is 2.00. The van der Waals surface area contributed by atoms with Gasteiger partial charge in [-0.15, -0.1) is 17.9 Å². The minimum absolute atomic E-state index is 0.162. The summed E-state index contributed by atoms with van der Waals surface area (Å²) in [5.74, 6) is -0.162. The van der Waals surface area contributed by atoms with E-state index < -0.39 is 0 Å². The molecule has 3 aromatic rings. The Labute approximate surface area is 160 Å². The first-order valence-corrected chi connectivity index (χ1v) is 9.54. The van der Waals surface area contributed by atoms with Crippen LogP contribution in [0.2, 0.25) is 0 Å². The number of nitrogens with zero attached hydrogens (tertiary/aromatic N) is 3. The summed E-state index contributed by atoms with van der Waals surface area (Å²) in [6, 6.07) is 13.1. The van der Waals surface area contributed by atoms with Crippen molar-refractivity contribution in [2.45, 2.75) is 25.4 Å². The summed E-state index contributed by atoms with van der Waals surface area (Å²) in [6.45, 7) is 3.98. The molecule has 0 radical (unpaired) electrons. The van der Waals surface area contributed by atoms with Gasteiger partial charge in [0.25, 0.3) is 11.5 Å². The molecule has 0 saturated heterocycles. The van der Waals surface area contributed by atoms with Crippen LogP contribution in [0.1, 0.15) is 22.6 Å². The Morgan fingerprint density at radius 2 is 2.04 bits per heavy atom. The molecular formula is C20H18N4O2S. The lowest BCUT2D eigenvalue weighted by molar-refractivity contribution is 0.0951. The standard InChI is InChI=1S/C20H18N4O2S/c1-2-12-24-16(25)11-10-15(23-24)18-17(13-6-4-3-5-7-13)22-20(27-18)19(26)21-14-8-9-14/h2-7,10-11,14H,1,8-9,12H2,(H,21,26). The normalized spacial score (nSPS) is 13.3. The van der Waals surface area contributed by atoms with Crippen LogP contribution in [-0.4, -0.2) is 26.7 Å². The summed E-state index contributed by atoms with van der Waals surface area (Å²) >= 11 is 1.29. The molecule has 0 spiro atoms. The highest BCUT2D eigenvalue weighted by atomic mass is 32.1. The van der Waals surface area contributed by atoms with Crippen molar-refractivity contribution in [3.8, 4) is 21.8 Å². The molecule has 27 heavy (non-hydrogen) atoms. The third-order valence-corrected chi connectivity index (χ3v) is 5.26. The fourth-order valence-electron chi connectivity index (χ4n) is 2.68. The Bertz CT molecular complexity index is 1050. The third-order valence-electron chi connectivity index (χ3n) is 4.18. The monoisotopic (exact) mass is 378 g/mol. The molecule has 1 saturated carbocycles. The predicted molar refractivity (Wildman–Crippen MR) is 106 cm³/mol. The Morgan fingerprint density at radius 3 is 2.74 bits per heavy atom. The quantitative estimate of drug-likeness (QED) is 0.669. The molecule has 1 fully saturated rings. The minimum Gasteiger partial charge on any atom is -0.347 e. The van der Waals surface area contributed by atoms with Gasteiger partial charge < -0.3 is 5.32 Å². The highest BCUT2D eigenvalue weighted by Gasteiger charge is 2.27. The lowest BCUT2D eigenvalue weighted by atomic mass is 10.1. The second kappa shape index (κ2) is 7.28. The van der Waals surface area contributed by atoms with Crippen molar-refractivity contribution in [2.75, 3.05) is 0 Å². The molecule has 0 atom stereocenters. The number of rotatable bonds is 6. The van der Waals surface area contributed by atoms with E-state index in [4.69, 9.17) is 0 Å². The van der Waals surface area contributed by atoms with Gasteiger partial charge in [-0.2, -0.15) is 5.10 Å². The van der Waals surface area contributed by atoms with Crippen molar-refractivity contribution in [3.05, 3.63) is 70.5 Å². The van der Waals surface area contributed by atoms with Crippen molar-refractivity contribution in [2.24, 2.45) is 0 Å². The number of hydrogen-bond donors (Lipinski definition) is 1. The van der Waals surface area contributed by atoms with Crippen molar-refractivity contribution in [1.82, 2.24) is 20.1 Å². The minimum atomic E-state index is -0.198. The first kappa shape index (κ1) is 17.4. The van der Waals surface area contributed by atoms with E-state index in [-0.39, 0.29) is 17.5 Å². The third kappa shape index (κ3) is 3.73. The smallest absolute Gasteiger partial charge is 0.280 e. The van der Waals surface area contributed by atoms with Gasteiger partial charge in [0.2, 0.25) is 0 Å². The largest absolute Gasteiger partial charge is 0.347 e. The van der Waals surface area contributed by atoms with Crippen LogP contribution in [0.3, 0.4) is 0 Å². The first-order chi connectivity index (χ1) is 13.2. The van der Waals surface area contributed by atoms with Gasteiger partial charge in [-0.25, -0.2) is 9.67 Å². The number of hydrogen-bond acceptors (Lipinski definition) is 5. The average molecular weight is 378 g/mol. The summed E-state index contributed by atoms with van der Waals surface area (Å²) in [6.07, 6.45) is 3.66. The van der Waals surface area contributed by atoms with E-state index in [0.29, 0.717) is 22.9 Å². The maximum Gasteiger partial charge on any atom is 0.280 e. The fraction of sp³-hybridized carbons (Fsp3) is 0.200. The van der Waals surface area contributed by atoms with Crippen LogP contribution in [0.5, 0.6) is 0 Å². The van der Waals surface area contributed by atoms with Crippen molar-refractivity contribution in [3.63, 3.8) is 0 Å². The Morgan fingerprint density at radius 1 is 1.26 bits per heavy atom. The molecule has 1 aliphatic carbocycles. The zero-order valence-corrected chi connectivity index (χ0v) is 15.4. The Balaban J connectivity index is 1.81. The van der Waals surface area contributed by atoms with Crippen LogP contribution in [0.25, 0.3) is 21.8 Å². The average Bonchev–Trinajstić information content (AvgIpc) is 3.38. The van der Waals surface area contributed by atoms with E-state index in [1.54, 1.807) is 12.1 Å². The van der Waals surface area contributed by atoms with E-state index >= 15 is 0 Å². The number of aromatic nitrogens is 3. The van der Waals surface area contributed by atoms with Crippen molar-refractivity contribution < 1.29 is 4.79 Å². The van der Waals surface area contributed by atoms with E-state index in [1.165, 1.54) is 22.1 Å². The maximum atomic E-state index is 12.5. The molecule has 0 aliphatic heterocycles. The van der Waals surface area contributed by atoms with Crippen LogP contribution < -0.4 is 10.9 Å². The molecule has 2 heterocycles. The number of thiazole rings is 1. The predicted octanol–water partition coefficient (Wildman–Crippen LogP) is 3.11. The van der Waals surface area contributed by atoms with Gasteiger partial charge in [-0.1, -0.05) is 36.4 Å². The molecule has 1 N–H and O–H groups in total. The molecule has 1 aliphatic rings.